The lowest BCUT2D eigenvalue weighted by molar-refractivity contribution is -0.137. The van der Waals surface area contributed by atoms with Gasteiger partial charge in [0.15, 0.2) is 17.2 Å². The van der Waals surface area contributed by atoms with Gasteiger partial charge in [0.1, 0.15) is 6.26 Å². The Morgan fingerprint density at radius 2 is 1.73 bits per heavy atom. The summed E-state index contributed by atoms with van der Waals surface area (Å²) in [7, 11) is 3.05. The molecule has 0 aliphatic rings. The molecule has 40 heavy (non-hydrogen) atoms. The number of rotatable bonds is 11. The van der Waals surface area contributed by atoms with Crippen molar-refractivity contribution in [1.29, 1.82) is 0 Å². The molecule has 7 nitrogen and oxygen atoms in total. The molecule has 0 bridgehead atoms. The van der Waals surface area contributed by atoms with E-state index in [-0.39, 0.29) is 37.3 Å². The summed E-state index contributed by atoms with van der Waals surface area (Å²) in [5, 5.41) is 2.89. The van der Waals surface area contributed by atoms with Gasteiger partial charge in [-0.2, -0.15) is 13.2 Å². The number of alkyl halides is 3. The Labute approximate surface area is 230 Å². The second kappa shape index (κ2) is 12.7. The molecule has 4 aromatic rings. The molecule has 1 N–H and O–H groups in total. The molecule has 1 amide bonds. The van der Waals surface area contributed by atoms with Gasteiger partial charge in [0.25, 0.3) is 5.91 Å². The van der Waals surface area contributed by atoms with Gasteiger partial charge in [-0.3, -0.25) is 9.69 Å². The fourth-order valence-electron chi connectivity index (χ4n) is 4.37. The maximum absolute atomic E-state index is 13.4. The van der Waals surface area contributed by atoms with E-state index in [2.05, 4.69) is 10.3 Å². The molecule has 4 rings (SSSR count). The molecule has 0 aliphatic carbocycles. The first-order valence-corrected chi connectivity index (χ1v) is 12.6. The number of halogens is 3. The Hall–Kier alpha value is -4.31. The highest BCUT2D eigenvalue weighted by Crippen LogP contribution is 2.33. The molecule has 0 fully saturated rings. The third-order valence-corrected chi connectivity index (χ3v) is 6.33. The van der Waals surface area contributed by atoms with Gasteiger partial charge < -0.3 is 19.2 Å². The van der Waals surface area contributed by atoms with Crippen LogP contribution in [0.4, 0.5) is 13.2 Å². The van der Waals surface area contributed by atoms with Gasteiger partial charge in [0.05, 0.1) is 32.4 Å². The van der Waals surface area contributed by atoms with Crippen LogP contribution in [0, 0.1) is 0 Å². The predicted octanol–water partition coefficient (Wildman–Crippen LogP) is 6.40. The second-order valence-electron chi connectivity index (χ2n) is 9.23. The lowest BCUT2D eigenvalue weighted by atomic mass is 10.1. The zero-order valence-electron chi connectivity index (χ0n) is 22.4. The first-order valence-electron chi connectivity index (χ1n) is 12.6. The van der Waals surface area contributed by atoms with Crippen molar-refractivity contribution in [3.05, 3.63) is 113 Å². The van der Waals surface area contributed by atoms with Crippen LogP contribution in [0.15, 0.2) is 83.5 Å². The molecule has 0 saturated heterocycles. The zero-order valence-corrected chi connectivity index (χ0v) is 22.4. The molecule has 1 heterocycles. The standard InChI is InChI=1S/C30H30F3N3O4/c1-20(22-10-5-4-6-11-22)34-29(37)25-19-40-27(35-25)18-36(16-21-9-7-13-24(15-21)30(31,32)33)17-23-12-8-14-26(38-2)28(23)39-3/h4-15,19-20H,16-18H2,1-3H3,(H,34,37). The minimum absolute atomic E-state index is 0.107. The van der Waals surface area contributed by atoms with Crippen LogP contribution in [0.25, 0.3) is 0 Å². The Kier molecular flexibility index (Phi) is 9.11. The van der Waals surface area contributed by atoms with Crippen LogP contribution in [0.2, 0.25) is 0 Å². The van der Waals surface area contributed by atoms with E-state index in [0.29, 0.717) is 17.1 Å². The van der Waals surface area contributed by atoms with Gasteiger partial charge in [-0.1, -0.05) is 60.7 Å². The highest BCUT2D eigenvalue weighted by Gasteiger charge is 2.30. The number of benzene rings is 3. The van der Waals surface area contributed by atoms with Crippen LogP contribution in [-0.4, -0.2) is 30.0 Å². The average Bonchev–Trinajstić information content (AvgIpc) is 3.41. The number of para-hydroxylation sites is 1. The van der Waals surface area contributed by atoms with E-state index in [1.807, 2.05) is 48.2 Å². The Morgan fingerprint density at radius 1 is 0.975 bits per heavy atom. The summed E-state index contributed by atoms with van der Waals surface area (Å²) < 4.78 is 56.6. The number of amides is 1. The summed E-state index contributed by atoms with van der Waals surface area (Å²) in [4.78, 5) is 19.0. The van der Waals surface area contributed by atoms with Crippen molar-refractivity contribution in [2.45, 2.75) is 38.8 Å². The van der Waals surface area contributed by atoms with Gasteiger partial charge in [-0.05, 0) is 30.2 Å². The third-order valence-electron chi connectivity index (χ3n) is 6.33. The van der Waals surface area contributed by atoms with Gasteiger partial charge >= 0.3 is 6.18 Å². The van der Waals surface area contributed by atoms with E-state index in [1.54, 1.807) is 18.2 Å². The largest absolute Gasteiger partial charge is 0.493 e. The number of aromatic nitrogens is 1. The molecule has 0 aliphatic heterocycles. The van der Waals surface area contributed by atoms with Gasteiger partial charge in [-0.25, -0.2) is 4.98 Å². The fraction of sp³-hybridized carbons (Fsp3) is 0.267. The van der Waals surface area contributed by atoms with Crippen LogP contribution < -0.4 is 14.8 Å². The quantitative estimate of drug-likeness (QED) is 0.232. The van der Waals surface area contributed by atoms with E-state index >= 15 is 0 Å². The van der Waals surface area contributed by atoms with E-state index in [4.69, 9.17) is 13.9 Å². The van der Waals surface area contributed by atoms with Crippen LogP contribution in [0.3, 0.4) is 0 Å². The molecular formula is C30H30F3N3O4. The lowest BCUT2D eigenvalue weighted by Gasteiger charge is -2.23. The van der Waals surface area contributed by atoms with Crippen molar-refractivity contribution in [2.75, 3.05) is 14.2 Å². The number of methoxy groups -OCH3 is 2. The number of nitrogens with zero attached hydrogens (tertiary/aromatic N) is 2. The van der Waals surface area contributed by atoms with Gasteiger partial charge in [-0.15, -0.1) is 0 Å². The smallest absolute Gasteiger partial charge is 0.416 e. The average molecular weight is 554 g/mol. The van der Waals surface area contributed by atoms with E-state index < -0.39 is 17.6 Å². The van der Waals surface area contributed by atoms with Crippen molar-refractivity contribution in [3.8, 4) is 11.5 Å². The summed E-state index contributed by atoms with van der Waals surface area (Å²) in [6.45, 7) is 2.43. The Bertz CT molecular complexity index is 1420. The van der Waals surface area contributed by atoms with E-state index in [0.717, 1.165) is 23.3 Å². The molecule has 1 aromatic heterocycles. The van der Waals surface area contributed by atoms with Crippen molar-refractivity contribution in [3.63, 3.8) is 0 Å². The lowest BCUT2D eigenvalue weighted by Crippen LogP contribution is -2.27. The highest BCUT2D eigenvalue weighted by molar-refractivity contribution is 5.92. The molecule has 0 radical (unpaired) electrons. The van der Waals surface area contributed by atoms with E-state index in [1.165, 1.54) is 26.5 Å². The number of hydrogen-bond acceptors (Lipinski definition) is 6. The van der Waals surface area contributed by atoms with E-state index in [9.17, 15) is 18.0 Å². The number of oxazole rings is 1. The van der Waals surface area contributed by atoms with Crippen LogP contribution in [0.1, 0.15) is 51.6 Å². The molecule has 1 atom stereocenters. The van der Waals surface area contributed by atoms with Crippen molar-refractivity contribution < 1.29 is 31.9 Å². The summed E-state index contributed by atoms with van der Waals surface area (Å²) in [5.41, 5.74) is 1.54. The fourth-order valence-corrected chi connectivity index (χ4v) is 4.37. The topological polar surface area (TPSA) is 76.8 Å². The minimum Gasteiger partial charge on any atom is -0.493 e. The first kappa shape index (κ1) is 28.7. The summed E-state index contributed by atoms with van der Waals surface area (Å²) in [5.74, 6) is 0.889. The number of ether oxygens (including phenoxy) is 2. The number of hydrogen-bond donors (Lipinski definition) is 1. The van der Waals surface area contributed by atoms with Crippen LogP contribution in [0.5, 0.6) is 11.5 Å². The monoisotopic (exact) mass is 553 g/mol. The third kappa shape index (κ3) is 7.20. The number of carbonyl (C=O) groups is 1. The molecule has 0 spiro atoms. The molecule has 0 saturated carbocycles. The van der Waals surface area contributed by atoms with Crippen LogP contribution >= 0.6 is 0 Å². The highest BCUT2D eigenvalue weighted by atomic mass is 19.4. The molecule has 1 unspecified atom stereocenters. The predicted molar refractivity (Wildman–Crippen MR) is 143 cm³/mol. The maximum Gasteiger partial charge on any atom is 0.416 e. The zero-order chi connectivity index (χ0) is 28.7. The summed E-state index contributed by atoms with van der Waals surface area (Å²) >= 11 is 0. The van der Waals surface area contributed by atoms with Crippen molar-refractivity contribution in [1.82, 2.24) is 15.2 Å². The molecule has 210 valence electrons. The normalized spacial score (nSPS) is 12.3. The number of carbonyl (C=O) groups excluding carboxylic acids is 1. The summed E-state index contributed by atoms with van der Waals surface area (Å²) in [6.07, 6.45) is -3.18. The first-order chi connectivity index (χ1) is 19.2. The summed E-state index contributed by atoms with van der Waals surface area (Å²) in [6, 6.07) is 19.8. The molecular weight excluding hydrogens is 523 g/mol. The van der Waals surface area contributed by atoms with Gasteiger partial charge in [0.2, 0.25) is 5.89 Å². The SMILES string of the molecule is COc1cccc(CN(Cc2cccc(C(F)(F)F)c2)Cc2nc(C(=O)NC(C)c3ccccc3)co2)c1OC. The second-order valence-corrected chi connectivity index (χ2v) is 9.23. The Morgan fingerprint density at radius 3 is 2.42 bits per heavy atom. The van der Waals surface area contributed by atoms with Gasteiger partial charge in [0, 0.05) is 18.7 Å². The Balaban J connectivity index is 1.56. The maximum atomic E-state index is 13.4. The molecule has 3 aromatic carbocycles. The minimum atomic E-state index is -4.46. The van der Waals surface area contributed by atoms with Crippen molar-refractivity contribution in [2.24, 2.45) is 0 Å². The van der Waals surface area contributed by atoms with Crippen molar-refractivity contribution >= 4 is 5.91 Å². The molecule has 10 heteroatoms. The number of nitrogens with one attached hydrogen (secondary N) is 1. The van der Waals surface area contributed by atoms with Crippen LogP contribution in [-0.2, 0) is 25.8 Å².